The van der Waals surface area contributed by atoms with Crippen LogP contribution in [0, 0.1) is 0 Å². The van der Waals surface area contributed by atoms with Gasteiger partial charge in [-0.2, -0.15) is 14.5 Å². The number of nitrogens with one attached hydrogen (secondary N) is 1. The van der Waals surface area contributed by atoms with Crippen molar-refractivity contribution in [3.8, 4) is 0 Å². The molecule has 4 aromatic carbocycles. The van der Waals surface area contributed by atoms with E-state index in [0.29, 0.717) is 43.1 Å². The van der Waals surface area contributed by atoms with Crippen molar-refractivity contribution in [2.75, 3.05) is 36.4 Å². The van der Waals surface area contributed by atoms with Crippen molar-refractivity contribution >= 4 is 38.7 Å². The van der Waals surface area contributed by atoms with Crippen LogP contribution in [-0.2, 0) is 10.0 Å². The molecule has 38 heavy (non-hydrogen) atoms. The van der Waals surface area contributed by atoms with Crippen molar-refractivity contribution in [2.45, 2.75) is 4.90 Å². The first-order chi connectivity index (χ1) is 18.5. The number of hydrogen-bond acceptors (Lipinski definition) is 6. The van der Waals surface area contributed by atoms with E-state index in [1.807, 2.05) is 60.7 Å². The Morgan fingerprint density at radius 1 is 0.658 bits per heavy atom. The quantitative estimate of drug-likeness (QED) is 0.306. The molecule has 0 atom stereocenters. The lowest BCUT2D eigenvalue weighted by molar-refractivity contribution is 0.102. The van der Waals surface area contributed by atoms with Gasteiger partial charge in [0.25, 0.3) is 5.91 Å². The third-order valence-electron chi connectivity index (χ3n) is 6.28. The van der Waals surface area contributed by atoms with Crippen molar-refractivity contribution in [3.05, 3.63) is 115 Å². The minimum absolute atomic E-state index is 0.176. The molecule has 0 aliphatic carbocycles. The van der Waals surface area contributed by atoms with Crippen LogP contribution in [0.2, 0.25) is 0 Å². The molecule has 0 unspecified atom stereocenters. The molecule has 1 fully saturated rings. The summed E-state index contributed by atoms with van der Waals surface area (Å²) in [5, 5.41) is 11.2. The Balaban J connectivity index is 1.18. The van der Waals surface area contributed by atoms with Crippen molar-refractivity contribution in [1.82, 2.24) is 4.31 Å². The summed E-state index contributed by atoms with van der Waals surface area (Å²) in [4.78, 5) is 15.1. The monoisotopic (exact) mass is 525 g/mol. The summed E-state index contributed by atoms with van der Waals surface area (Å²) >= 11 is 0. The number of rotatable bonds is 7. The maximum atomic E-state index is 13.2. The second-order valence-electron chi connectivity index (χ2n) is 8.79. The number of benzene rings is 4. The molecule has 192 valence electrons. The molecule has 1 amide bonds. The summed E-state index contributed by atoms with van der Waals surface area (Å²) in [7, 11) is -3.64. The Kier molecular flexibility index (Phi) is 7.57. The van der Waals surface area contributed by atoms with Crippen LogP contribution in [0.25, 0.3) is 0 Å². The maximum Gasteiger partial charge on any atom is 0.255 e. The van der Waals surface area contributed by atoms with E-state index in [0.717, 1.165) is 11.4 Å². The van der Waals surface area contributed by atoms with Gasteiger partial charge in [-0.05, 0) is 72.8 Å². The van der Waals surface area contributed by atoms with E-state index < -0.39 is 10.0 Å². The van der Waals surface area contributed by atoms with Gasteiger partial charge in [0.1, 0.15) is 0 Å². The van der Waals surface area contributed by atoms with E-state index in [-0.39, 0.29) is 10.8 Å². The standard InChI is InChI=1S/C29H27N5O3S/c35-29(30-24-13-15-26(16-14-24)32-31-25-7-3-1-4-8-25)23-11-17-28(18-12-23)38(36,37)34-21-19-33(20-22-34)27-9-5-2-6-10-27/h1-18H,19-22H2,(H,30,35). The summed E-state index contributed by atoms with van der Waals surface area (Å²) in [5.41, 5.74) is 3.47. The fourth-order valence-corrected chi connectivity index (χ4v) is 5.60. The van der Waals surface area contributed by atoms with Gasteiger partial charge < -0.3 is 10.2 Å². The number of hydrogen-bond donors (Lipinski definition) is 1. The number of piperazine rings is 1. The lowest BCUT2D eigenvalue weighted by atomic mass is 10.2. The Hall–Kier alpha value is -4.34. The Morgan fingerprint density at radius 2 is 1.21 bits per heavy atom. The highest BCUT2D eigenvalue weighted by Gasteiger charge is 2.28. The fourth-order valence-electron chi connectivity index (χ4n) is 4.18. The average molecular weight is 526 g/mol. The van der Waals surface area contributed by atoms with E-state index in [9.17, 15) is 13.2 Å². The molecule has 1 aliphatic heterocycles. The van der Waals surface area contributed by atoms with Gasteiger partial charge in [-0.1, -0.05) is 36.4 Å². The molecule has 4 aromatic rings. The van der Waals surface area contributed by atoms with Gasteiger partial charge >= 0.3 is 0 Å². The molecule has 8 nitrogen and oxygen atoms in total. The summed E-state index contributed by atoms with van der Waals surface area (Å²) < 4.78 is 27.8. The molecule has 1 N–H and O–H groups in total. The van der Waals surface area contributed by atoms with Crippen LogP contribution < -0.4 is 10.2 Å². The van der Waals surface area contributed by atoms with Gasteiger partial charge in [-0.25, -0.2) is 8.42 Å². The van der Waals surface area contributed by atoms with Crippen molar-refractivity contribution in [2.24, 2.45) is 10.2 Å². The number of sulfonamides is 1. The van der Waals surface area contributed by atoms with Crippen molar-refractivity contribution in [3.63, 3.8) is 0 Å². The third kappa shape index (κ3) is 5.96. The minimum Gasteiger partial charge on any atom is -0.369 e. The van der Waals surface area contributed by atoms with E-state index in [4.69, 9.17) is 0 Å². The number of nitrogens with zero attached hydrogens (tertiary/aromatic N) is 4. The zero-order valence-corrected chi connectivity index (χ0v) is 21.5. The molecule has 1 saturated heterocycles. The second kappa shape index (κ2) is 11.4. The minimum atomic E-state index is -3.64. The first-order valence-corrected chi connectivity index (χ1v) is 13.7. The molecule has 5 rings (SSSR count). The highest BCUT2D eigenvalue weighted by Crippen LogP contribution is 2.23. The zero-order valence-electron chi connectivity index (χ0n) is 20.6. The smallest absolute Gasteiger partial charge is 0.255 e. The maximum absolute atomic E-state index is 13.2. The van der Waals surface area contributed by atoms with Gasteiger partial charge in [-0.3, -0.25) is 4.79 Å². The molecule has 1 aliphatic rings. The van der Waals surface area contributed by atoms with Gasteiger partial charge in [-0.15, -0.1) is 0 Å². The number of carbonyl (C=O) groups excluding carboxylic acids is 1. The molecular weight excluding hydrogens is 498 g/mol. The summed E-state index contributed by atoms with van der Waals surface area (Å²) in [6, 6.07) is 32.4. The van der Waals surface area contributed by atoms with Gasteiger partial charge in [0.05, 0.1) is 16.3 Å². The summed E-state index contributed by atoms with van der Waals surface area (Å²) in [6.07, 6.45) is 0. The van der Waals surface area contributed by atoms with E-state index in [2.05, 4.69) is 20.4 Å². The predicted octanol–water partition coefficient (Wildman–Crippen LogP) is 5.87. The first-order valence-electron chi connectivity index (χ1n) is 12.3. The normalized spacial score (nSPS) is 14.5. The van der Waals surface area contributed by atoms with Crippen molar-refractivity contribution < 1.29 is 13.2 Å². The topological polar surface area (TPSA) is 94.4 Å². The molecule has 0 saturated carbocycles. The Morgan fingerprint density at radius 3 is 1.82 bits per heavy atom. The molecule has 9 heteroatoms. The van der Waals surface area contributed by atoms with Gasteiger partial charge in [0.15, 0.2) is 0 Å². The number of carbonyl (C=O) groups is 1. The lowest BCUT2D eigenvalue weighted by Crippen LogP contribution is -2.48. The van der Waals surface area contributed by atoms with Crippen LogP contribution >= 0.6 is 0 Å². The molecule has 0 aromatic heterocycles. The average Bonchev–Trinajstić information content (AvgIpc) is 2.98. The lowest BCUT2D eigenvalue weighted by Gasteiger charge is -2.35. The highest BCUT2D eigenvalue weighted by atomic mass is 32.2. The fraction of sp³-hybridized carbons (Fsp3) is 0.138. The summed E-state index contributed by atoms with van der Waals surface area (Å²) in [6.45, 7) is 2.05. The molecular formula is C29H27N5O3S. The first kappa shape index (κ1) is 25.3. The number of para-hydroxylation sites is 1. The summed E-state index contributed by atoms with van der Waals surface area (Å²) in [5.74, 6) is -0.330. The van der Waals surface area contributed by atoms with Gasteiger partial charge in [0.2, 0.25) is 10.0 Å². The number of azo groups is 1. The van der Waals surface area contributed by atoms with Crippen molar-refractivity contribution in [1.29, 1.82) is 0 Å². The van der Waals surface area contributed by atoms with E-state index in [1.165, 1.54) is 28.6 Å². The number of amides is 1. The van der Waals surface area contributed by atoms with Crippen LogP contribution in [0.5, 0.6) is 0 Å². The molecule has 0 radical (unpaired) electrons. The van der Waals surface area contributed by atoms with Crippen LogP contribution in [0.3, 0.4) is 0 Å². The van der Waals surface area contributed by atoms with Crippen LogP contribution in [0.15, 0.2) is 124 Å². The zero-order chi connectivity index (χ0) is 26.4. The Labute approximate surface area is 222 Å². The predicted molar refractivity (Wildman–Crippen MR) is 149 cm³/mol. The van der Waals surface area contributed by atoms with Crippen LogP contribution in [0.1, 0.15) is 10.4 Å². The Bertz CT molecular complexity index is 1500. The molecule has 0 spiro atoms. The molecule has 0 bridgehead atoms. The van der Waals surface area contributed by atoms with Crippen LogP contribution in [-0.4, -0.2) is 44.8 Å². The molecule has 1 heterocycles. The number of anilines is 2. The van der Waals surface area contributed by atoms with Crippen LogP contribution in [0.4, 0.5) is 22.7 Å². The second-order valence-corrected chi connectivity index (χ2v) is 10.7. The third-order valence-corrected chi connectivity index (χ3v) is 8.19. The highest BCUT2D eigenvalue weighted by molar-refractivity contribution is 7.89. The van der Waals surface area contributed by atoms with E-state index in [1.54, 1.807) is 24.3 Å². The van der Waals surface area contributed by atoms with E-state index >= 15 is 0 Å². The van der Waals surface area contributed by atoms with Gasteiger partial charge in [0, 0.05) is 43.1 Å². The SMILES string of the molecule is O=C(Nc1ccc(N=Nc2ccccc2)cc1)c1ccc(S(=O)(=O)N2CCN(c3ccccc3)CC2)cc1. The largest absolute Gasteiger partial charge is 0.369 e.